The van der Waals surface area contributed by atoms with Crippen molar-refractivity contribution in [1.29, 1.82) is 5.26 Å². The number of aromatic nitrogens is 4. The highest BCUT2D eigenvalue weighted by Gasteiger charge is 2.21. The third kappa shape index (κ3) is 4.70. The molecule has 0 saturated heterocycles. The van der Waals surface area contributed by atoms with Crippen LogP contribution in [0.1, 0.15) is 5.56 Å². The van der Waals surface area contributed by atoms with Gasteiger partial charge < -0.3 is 9.13 Å². The molecule has 0 radical (unpaired) electrons. The second kappa shape index (κ2) is 11.9. The molecule has 3 heterocycles. The van der Waals surface area contributed by atoms with Gasteiger partial charge in [0.2, 0.25) is 0 Å². The normalized spacial score (nSPS) is 11.4. The fourth-order valence-electron chi connectivity index (χ4n) is 7.62. The number of rotatable bonds is 5. The fraction of sp³-hybridized carbons (Fsp3) is 0. The molecule has 0 fully saturated rings. The molecule has 0 saturated carbocycles. The van der Waals surface area contributed by atoms with Crippen molar-refractivity contribution in [2.45, 2.75) is 0 Å². The van der Waals surface area contributed by atoms with E-state index in [1.807, 2.05) is 42.5 Å². The van der Waals surface area contributed by atoms with Crippen LogP contribution < -0.4 is 0 Å². The second-order valence-corrected chi connectivity index (χ2v) is 13.0. The van der Waals surface area contributed by atoms with E-state index in [0.717, 1.165) is 45.0 Å². The van der Waals surface area contributed by atoms with Crippen LogP contribution in [0.2, 0.25) is 0 Å². The van der Waals surface area contributed by atoms with Crippen LogP contribution in [0.5, 0.6) is 0 Å². The van der Waals surface area contributed by atoms with Gasteiger partial charge in [0.05, 0.1) is 45.1 Å². The van der Waals surface area contributed by atoms with E-state index in [4.69, 9.17) is 9.97 Å². The summed E-state index contributed by atoms with van der Waals surface area (Å²) in [6.45, 7) is 0. The summed E-state index contributed by atoms with van der Waals surface area (Å²) in [6, 6.07) is 63.1. The Morgan fingerprint density at radius 3 is 1.75 bits per heavy atom. The lowest BCUT2D eigenvalue weighted by atomic mass is 10.1. The highest BCUT2D eigenvalue weighted by molar-refractivity contribution is 6.26. The molecule has 0 N–H and O–H groups in total. The van der Waals surface area contributed by atoms with Crippen molar-refractivity contribution in [3.05, 3.63) is 181 Å². The smallest absolute Gasteiger partial charge is 0.160 e. The van der Waals surface area contributed by atoms with Crippen LogP contribution in [-0.2, 0) is 0 Å². The van der Waals surface area contributed by atoms with Crippen LogP contribution in [0.4, 0.5) is 0 Å². The number of hydrogen-bond acceptors (Lipinski definition) is 3. The van der Waals surface area contributed by atoms with Crippen molar-refractivity contribution in [1.82, 2.24) is 19.1 Å². The molecule has 0 aliphatic carbocycles. The van der Waals surface area contributed by atoms with Crippen LogP contribution in [0.3, 0.4) is 0 Å². The van der Waals surface area contributed by atoms with Crippen LogP contribution in [-0.4, -0.2) is 19.1 Å². The molecule has 0 spiro atoms. The van der Waals surface area contributed by atoms with Gasteiger partial charge in [-0.25, -0.2) is 9.97 Å². The predicted octanol–water partition coefficient (Wildman–Crippen LogP) is 11.5. The van der Waals surface area contributed by atoms with Crippen molar-refractivity contribution in [3.63, 3.8) is 0 Å². The van der Waals surface area contributed by atoms with Gasteiger partial charge in [0, 0.05) is 49.6 Å². The fourth-order valence-corrected chi connectivity index (χ4v) is 7.62. The van der Waals surface area contributed by atoms with E-state index in [2.05, 4.69) is 143 Å². The molecule has 7 aromatic carbocycles. The number of fused-ring (bicyclic) bond motifs is 7. The first-order valence-electron chi connectivity index (χ1n) is 17.3. The minimum absolute atomic E-state index is 0.573. The molecule has 0 atom stereocenters. The van der Waals surface area contributed by atoms with Crippen molar-refractivity contribution in [3.8, 4) is 51.3 Å². The van der Waals surface area contributed by atoms with Gasteiger partial charge >= 0.3 is 0 Å². The number of hydrogen-bond donors (Lipinski definition) is 0. The van der Waals surface area contributed by atoms with Crippen LogP contribution in [0.25, 0.3) is 88.9 Å². The zero-order valence-corrected chi connectivity index (χ0v) is 28.0. The number of para-hydroxylation sites is 3. The summed E-state index contributed by atoms with van der Waals surface area (Å²) in [5.74, 6) is 0.581. The summed E-state index contributed by atoms with van der Waals surface area (Å²) in [6.07, 6.45) is 0. The Labute approximate surface area is 299 Å². The summed E-state index contributed by atoms with van der Waals surface area (Å²) in [5.41, 5.74) is 11.9. The Morgan fingerprint density at radius 1 is 0.423 bits per heavy atom. The third-order valence-electron chi connectivity index (χ3n) is 9.95. The minimum atomic E-state index is 0.573. The summed E-state index contributed by atoms with van der Waals surface area (Å²) < 4.78 is 4.78. The summed E-state index contributed by atoms with van der Waals surface area (Å²) in [5, 5.41) is 14.5. The first kappa shape index (κ1) is 29.6. The van der Waals surface area contributed by atoms with E-state index in [1.165, 1.54) is 38.1 Å². The number of benzene rings is 7. The highest BCUT2D eigenvalue weighted by atomic mass is 15.0. The maximum absolute atomic E-state index is 9.58. The highest BCUT2D eigenvalue weighted by Crippen LogP contribution is 2.42. The Balaban J connectivity index is 1.19. The Kier molecular flexibility index (Phi) is 6.80. The van der Waals surface area contributed by atoms with Crippen molar-refractivity contribution >= 4 is 43.6 Å². The van der Waals surface area contributed by atoms with Gasteiger partial charge in [0.25, 0.3) is 0 Å². The first-order valence-corrected chi connectivity index (χ1v) is 17.3. The molecule has 0 bridgehead atoms. The zero-order chi connectivity index (χ0) is 34.6. The molecule has 5 nitrogen and oxygen atoms in total. The van der Waals surface area contributed by atoms with Crippen molar-refractivity contribution in [2.24, 2.45) is 0 Å². The minimum Gasteiger partial charge on any atom is -0.309 e. The van der Waals surface area contributed by atoms with Crippen LogP contribution >= 0.6 is 0 Å². The molecule has 0 amide bonds. The quantitative estimate of drug-likeness (QED) is 0.184. The van der Waals surface area contributed by atoms with Gasteiger partial charge in [0.15, 0.2) is 5.82 Å². The maximum atomic E-state index is 9.58. The van der Waals surface area contributed by atoms with Crippen LogP contribution in [0.15, 0.2) is 176 Å². The van der Waals surface area contributed by atoms with Gasteiger partial charge in [0.1, 0.15) is 0 Å². The van der Waals surface area contributed by atoms with E-state index in [9.17, 15) is 5.26 Å². The lowest BCUT2D eigenvalue weighted by molar-refractivity contribution is 1.17. The zero-order valence-electron chi connectivity index (χ0n) is 28.0. The van der Waals surface area contributed by atoms with E-state index in [-0.39, 0.29) is 0 Å². The van der Waals surface area contributed by atoms with E-state index >= 15 is 0 Å². The molecule has 52 heavy (non-hydrogen) atoms. The van der Waals surface area contributed by atoms with Crippen molar-refractivity contribution < 1.29 is 0 Å². The topological polar surface area (TPSA) is 59.4 Å². The summed E-state index contributed by atoms with van der Waals surface area (Å²) >= 11 is 0. The van der Waals surface area contributed by atoms with E-state index < -0.39 is 0 Å². The lowest BCUT2D eigenvalue weighted by Gasteiger charge is -2.12. The Bertz CT molecular complexity index is 3000. The molecule has 3 aromatic heterocycles. The SMILES string of the molecule is N#Cc1cccc(-c2nc(-c3ccccc3)cc(-c3ccc(-n4c5ccccc5c5ccc6c(c7ccccc7n6-c6ccccc6)c54)cc3)n2)c1. The summed E-state index contributed by atoms with van der Waals surface area (Å²) in [7, 11) is 0. The van der Waals surface area contributed by atoms with Gasteiger partial charge in [-0.3, -0.25) is 0 Å². The number of nitriles is 1. The molecular formula is C47H29N5. The Morgan fingerprint density at radius 2 is 1.02 bits per heavy atom. The molecule has 0 aliphatic rings. The van der Waals surface area contributed by atoms with Gasteiger partial charge in [-0.05, 0) is 60.7 Å². The number of nitrogens with zero attached hydrogens (tertiary/aromatic N) is 5. The van der Waals surface area contributed by atoms with Gasteiger partial charge in [-0.2, -0.15) is 5.26 Å². The average molecular weight is 664 g/mol. The van der Waals surface area contributed by atoms with Crippen LogP contribution in [0, 0.1) is 11.3 Å². The third-order valence-corrected chi connectivity index (χ3v) is 9.95. The molecule has 242 valence electrons. The standard InChI is InChI=1S/C47H29N5/c48-30-31-12-11-15-34(28-31)47-49-40(32-13-3-1-4-14-32)29-41(50-47)33-22-24-36(25-23-33)52-42-20-9-7-18-37(42)38-26-27-44-45(46(38)52)39-19-8-10-21-43(39)51(44)35-16-5-2-6-17-35/h1-29H. The first-order chi connectivity index (χ1) is 25.7. The average Bonchev–Trinajstić information content (AvgIpc) is 3.74. The molecule has 10 rings (SSSR count). The van der Waals surface area contributed by atoms with E-state index in [1.54, 1.807) is 6.07 Å². The molecule has 5 heteroatoms. The summed E-state index contributed by atoms with van der Waals surface area (Å²) in [4.78, 5) is 10.00. The molecular weight excluding hydrogens is 635 g/mol. The van der Waals surface area contributed by atoms with Crippen molar-refractivity contribution in [2.75, 3.05) is 0 Å². The monoisotopic (exact) mass is 663 g/mol. The maximum Gasteiger partial charge on any atom is 0.160 e. The molecule has 10 aromatic rings. The largest absolute Gasteiger partial charge is 0.309 e. The van der Waals surface area contributed by atoms with E-state index in [0.29, 0.717) is 11.4 Å². The predicted molar refractivity (Wildman–Crippen MR) is 212 cm³/mol. The van der Waals surface area contributed by atoms with Gasteiger partial charge in [-0.15, -0.1) is 0 Å². The second-order valence-electron chi connectivity index (χ2n) is 13.0. The molecule has 0 unspecified atom stereocenters. The van der Waals surface area contributed by atoms with Gasteiger partial charge in [-0.1, -0.05) is 115 Å². The lowest BCUT2D eigenvalue weighted by Crippen LogP contribution is -1.97. The molecule has 0 aliphatic heterocycles. The Hall–Kier alpha value is -7.29.